The van der Waals surface area contributed by atoms with E-state index in [2.05, 4.69) is 17.4 Å². The number of anilines is 1. The predicted molar refractivity (Wildman–Crippen MR) is 76.8 cm³/mol. The van der Waals surface area contributed by atoms with Crippen molar-refractivity contribution in [1.29, 1.82) is 0 Å². The van der Waals surface area contributed by atoms with E-state index in [1.165, 1.54) is 12.0 Å². The molecule has 2 atom stereocenters. The number of amides is 1. The molecule has 0 radical (unpaired) electrons. The second-order valence-electron chi connectivity index (χ2n) is 6.01. The van der Waals surface area contributed by atoms with Gasteiger partial charge >= 0.3 is 0 Å². The lowest BCUT2D eigenvalue weighted by Crippen LogP contribution is -2.21. The molecule has 3 heteroatoms. The number of carbonyl (C=O) groups is 1. The highest BCUT2D eigenvalue weighted by molar-refractivity contribution is 5.92. The largest absolute Gasteiger partial charge is 0.330 e. The van der Waals surface area contributed by atoms with Crippen LogP contribution in [-0.2, 0) is 11.2 Å². The first-order valence-electron chi connectivity index (χ1n) is 7.36. The molecule has 0 saturated heterocycles. The van der Waals surface area contributed by atoms with Crippen LogP contribution in [0.2, 0.25) is 0 Å². The van der Waals surface area contributed by atoms with E-state index >= 15 is 0 Å². The van der Waals surface area contributed by atoms with Gasteiger partial charge in [-0.05, 0) is 68.2 Å². The number of nitrogens with two attached hydrogens (primary N) is 1. The highest BCUT2D eigenvalue weighted by Crippen LogP contribution is 2.54. The Morgan fingerprint density at radius 3 is 2.79 bits per heavy atom. The molecule has 0 heterocycles. The molecule has 1 aromatic carbocycles. The van der Waals surface area contributed by atoms with Crippen LogP contribution in [-0.4, -0.2) is 12.5 Å². The van der Waals surface area contributed by atoms with Gasteiger partial charge in [0.25, 0.3) is 0 Å². The van der Waals surface area contributed by atoms with E-state index in [9.17, 15) is 4.79 Å². The minimum atomic E-state index is 0.211. The molecule has 1 aromatic rings. The molecule has 0 aromatic heterocycles. The van der Waals surface area contributed by atoms with Crippen LogP contribution in [0.25, 0.3) is 0 Å². The Morgan fingerprint density at radius 2 is 2.05 bits per heavy atom. The molecular weight excluding hydrogens is 236 g/mol. The van der Waals surface area contributed by atoms with Gasteiger partial charge in [0.05, 0.1) is 0 Å². The lowest BCUT2D eigenvalue weighted by atomic mass is 10.0. The van der Waals surface area contributed by atoms with Crippen LogP contribution < -0.4 is 11.1 Å². The molecule has 19 heavy (non-hydrogen) atoms. The quantitative estimate of drug-likeness (QED) is 0.853. The predicted octanol–water partition coefficient (Wildman–Crippen LogP) is 2.56. The monoisotopic (exact) mass is 258 g/mol. The summed E-state index contributed by atoms with van der Waals surface area (Å²) >= 11 is 0. The first-order valence-corrected chi connectivity index (χ1v) is 7.36. The summed E-state index contributed by atoms with van der Waals surface area (Å²) in [5.41, 5.74) is 7.70. The fourth-order valence-corrected chi connectivity index (χ4v) is 3.28. The van der Waals surface area contributed by atoms with Gasteiger partial charge in [0.2, 0.25) is 5.91 Å². The second kappa shape index (κ2) is 5.33. The van der Waals surface area contributed by atoms with E-state index in [0.717, 1.165) is 43.2 Å². The summed E-state index contributed by atoms with van der Waals surface area (Å²) in [5, 5.41) is 3.07. The number of hydrogen-bond acceptors (Lipinski definition) is 2. The van der Waals surface area contributed by atoms with E-state index in [4.69, 9.17) is 5.73 Å². The van der Waals surface area contributed by atoms with E-state index in [0.29, 0.717) is 6.54 Å². The first-order chi connectivity index (χ1) is 9.26. The van der Waals surface area contributed by atoms with Gasteiger partial charge < -0.3 is 11.1 Å². The van der Waals surface area contributed by atoms with Crippen molar-refractivity contribution in [3.8, 4) is 0 Å². The van der Waals surface area contributed by atoms with Crippen molar-refractivity contribution in [2.45, 2.75) is 32.1 Å². The van der Waals surface area contributed by atoms with Crippen molar-refractivity contribution in [2.75, 3.05) is 11.9 Å². The van der Waals surface area contributed by atoms with Crippen LogP contribution in [0.1, 0.15) is 31.2 Å². The minimum absolute atomic E-state index is 0.211. The third-order valence-corrected chi connectivity index (χ3v) is 4.48. The molecule has 2 aliphatic carbocycles. The maximum Gasteiger partial charge on any atom is 0.227 e. The van der Waals surface area contributed by atoms with Crippen molar-refractivity contribution in [1.82, 2.24) is 0 Å². The topological polar surface area (TPSA) is 55.1 Å². The summed E-state index contributed by atoms with van der Waals surface area (Å²) in [6.07, 6.45) is 5.53. The van der Waals surface area contributed by atoms with Gasteiger partial charge in [0.1, 0.15) is 0 Å². The number of nitrogens with one attached hydrogen (secondary N) is 1. The molecule has 0 aliphatic heterocycles. The summed E-state index contributed by atoms with van der Waals surface area (Å²) in [5.74, 6) is 2.16. The standard InChI is InChI=1S/C16H22N2O/c17-6-2-4-11-3-1-5-15(7-11)18-16(19)14-9-12-8-13(12)10-14/h1,3,5,7,12-14H,2,4,6,8-10,17H2,(H,18,19). The SMILES string of the molecule is NCCCc1cccc(NC(=O)C2CC3CC3C2)c1. The fraction of sp³-hybridized carbons (Fsp3) is 0.562. The summed E-state index contributed by atoms with van der Waals surface area (Å²) < 4.78 is 0. The summed E-state index contributed by atoms with van der Waals surface area (Å²) in [6, 6.07) is 8.15. The zero-order chi connectivity index (χ0) is 13.2. The van der Waals surface area contributed by atoms with Crippen LogP contribution in [0, 0.1) is 17.8 Å². The molecule has 3 nitrogen and oxygen atoms in total. The fourth-order valence-electron chi connectivity index (χ4n) is 3.28. The molecule has 1 amide bonds. The highest BCUT2D eigenvalue weighted by Gasteiger charge is 2.47. The molecule has 3 rings (SSSR count). The molecule has 2 unspecified atom stereocenters. The Kier molecular flexibility index (Phi) is 3.56. The Morgan fingerprint density at radius 1 is 1.26 bits per heavy atom. The van der Waals surface area contributed by atoms with Crippen LogP contribution in [0.5, 0.6) is 0 Å². The maximum absolute atomic E-state index is 12.2. The molecule has 102 valence electrons. The van der Waals surface area contributed by atoms with Crippen molar-refractivity contribution < 1.29 is 4.79 Å². The average Bonchev–Trinajstić information content (AvgIpc) is 3.03. The third kappa shape index (κ3) is 2.98. The molecule has 2 saturated carbocycles. The smallest absolute Gasteiger partial charge is 0.227 e. The third-order valence-electron chi connectivity index (χ3n) is 4.48. The van der Waals surface area contributed by atoms with Crippen LogP contribution in [0.4, 0.5) is 5.69 Å². The number of fused-ring (bicyclic) bond motifs is 1. The van der Waals surface area contributed by atoms with E-state index in [-0.39, 0.29) is 11.8 Å². The van der Waals surface area contributed by atoms with Crippen molar-refractivity contribution >= 4 is 11.6 Å². The van der Waals surface area contributed by atoms with Gasteiger partial charge in [-0.3, -0.25) is 4.79 Å². The summed E-state index contributed by atoms with van der Waals surface area (Å²) in [6.45, 7) is 0.710. The van der Waals surface area contributed by atoms with Gasteiger partial charge in [0.15, 0.2) is 0 Å². The Balaban J connectivity index is 1.57. The van der Waals surface area contributed by atoms with Gasteiger partial charge in [-0.1, -0.05) is 12.1 Å². The van der Waals surface area contributed by atoms with Crippen LogP contribution in [0.3, 0.4) is 0 Å². The summed E-state index contributed by atoms with van der Waals surface area (Å²) in [4.78, 5) is 12.2. The van der Waals surface area contributed by atoms with Gasteiger partial charge in [-0.2, -0.15) is 0 Å². The molecule has 0 spiro atoms. The molecule has 3 N–H and O–H groups in total. The van der Waals surface area contributed by atoms with E-state index in [1.807, 2.05) is 12.1 Å². The second-order valence-corrected chi connectivity index (χ2v) is 6.01. The van der Waals surface area contributed by atoms with Crippen molar-refractivity contribution in [3.63, 3.8) is 0 Å². The average molecular weight is 258 g/mol. The molecular formula is C16H22N2O. The zero-order valence-electron chi connectivity index (χ0n) is 11.3. The van der Waals surface area contributed by atoms with Crippen LogP contribution >= 0.6 is 0 Å². The van der Waals surface area contributed by atoms with Gasteiger partial charge in [-0.25, -0.2) is 0 Å². The number of rotatable bonds is 5. The minimum Gasteiger partial charge on any atom is -0.330 e. The van der Waals surface area contributed by atoms with E-state index in [1.54, 1.807) is 0 Å². The lowest BCUT2D eigenvalue weighted by Gasteiger charge is -2.13. The Bertz CT molecular complexity index is 462. The van der Waals surface area contributed by atoms with Crippen molar-refractivity contribution in [2.24, 2.45) is 23.5 Å². The summed E-state index contributed by atoms with van der Waals surface area (Å²) in [7, 11) is 0. The number of aryl methyl sites for hydroxylation is 1. The Labute approximate surface area is 114 Å². The van der Waals surface area contributed by atoms with E-state index < -0.39 is 0 Å². The Hall–Kier alpha value is -1.35. The van der Waals surface area contributed by atoms with Crippen molar-refractivity contribution in [3.05, 3.63) is 29.8 Å². The zero-order valence-corrected chi connectivity index (χ0v) is 11.3. The van der Waals surface area contributed by atoms with Gasteiger partial charge in [0, 0.05) is 11.6 Å². The number of benzene rings is 1. The highest BCUT2D eigenvalue weighted by atomic mass is 16.1. The molecule has 0 bridgehead atoms. The first kappa shape index (κ1) is 12.7. The number of hydrogen-bond donors (Lipinski definition) is 2. The molecule has 2 fully saturated rings. The maximum atomic E-state index is 12.2. The normalized spacial score (nSPS) is 27.9. The van der Waals surface area contributed by atoms with Crippen LogP contribution in [0.15, 0.2) is 24.3 Å². The number of carbonyl (C=O) groups excluding carboxylic acids is 1. The lowest BCUT2D eigenvalue weighted by molar-refractivity contribution is -0.120. The van der Waals surface area contributed by atoms with Gasteiger partial charge in [-0.15, -0.1) is 0 Å². The molecule has 2 aliphatic rings.